The van der Waals surface area contributed by atoms with E-state index in [4.69, 9.17) is 0 Å². The summed E-state index contributed by atoms with van der Waals surface area (Å²) in [6.07, 6.45) is 1.76. The molecular formula is C10H14N4O. The molecule has 5 heteroatoms. The van der Waals surface area contributed by atoms with Crippen molar-refractivity contribution in [3.05, 3.63) is 27.9 Å². The summed E-state index contributed by atoms with van der Waals surface area (Å²) >= 11 is 0. The second kappa shape index (κ2) is 2.92. The van der Waals surface area contributed by atoms with Crippen molar-refractivity contribution in [2.75, 3.05) is 0 Å². The van der Waals surface area contributed by atoms with E-state index in [2.05, 4.69) is 15.3 Å². The fourth-order valence-corrected chi connectivity index (χ4v) is 1.55. The Morgan fingerprint density at radius 2 is 2.07 bits per heavy atom. The van der Waals surface area contributed by atoms with Gasteiger partial charge in [0.15, 0.2) is 5.52 Å². The first kappa shape index (κ1) is 9.89. The van der Waals surface area contributed by atoms with Gasteiger partial charge >= 0.3 is 0 Å². The predicted octanol–water partition coefficient (Wildman–Crippen LogP) is 1.02. The summed E-state index contributed by atoms with van der Waals surface area (Å²) in [5.74, 6) is 0. The van der Waals surface area contributed by atoms with Crippen LogP contribution in [0.3, 0.4) is 0 Å². The first-order valence-corrected chi connectivity index (χ1v) is 4.85. The Hall–Kier alpha value is -1.65. The zero-order chi connectivity index (χ0) is 11.2. The Morgan fingerprint density at radius 3 is 2.67 bits per heavy atom. The Kier molecular flexibility index (Phi) is 1.92. The molecule has 2 aromatic rings. The molecule has 0 aliphatic carbocycles. The maximum atomic E-state index is 11.8. The molecule has 0 saturated carbocycles. The maximum Gasteiger partial charge on any atom is 0.276 e. The topological polar surface area (TPSA) is 63.1 Å². The molecule has 0 amide bonds. The van der Waals surface area contributed by atoms with Gasteiger partial charge in [0.1, 0.15) is 5.69 Å². The minimum atomic E-state index is -0.177. The van der Waals surface area contributed by atoms with Crippen molar-refractivity contribution in [2.45, 2.75) is 33.1 Å². The first-order chi connectivity index (χ1) is 6.89. The lowest BCUT2D eigenvalue weighted by Crippen LogP contribution is -2.18. The fraction of sp³-hybridized carbons (Fsp3) is 0.500. The van der Waals surface area contributed by atoms with Gasteiger partial charge in [0.25, 0.3) is 5.56 Å². The van der Waals surface area contributed by atoms with Crippen molar-refractivity contribution >= 4 is 5.52 Å². The molecule has 0 saturated heterocycles. The molecule has 0 unspecified atom stereocenters. The largest absolute Gasteiger partial charge is 0.323 e. The van der Waals surface area contributed by atoms with Crippen molar-refractivity contribution in [1.82, 2.24) is 19.8 Å². The van der Waals surface area contributed by atoms with Crippen molar-refractivity contribution in [2.24, 2.45) is 0 Å². The molecule has 0 radical (unpaired) electrons. The monoisotopic (exact) mass is 206 g/mol. The molecule has 2 heterocycles. The van der Waals surface area contributed by atoms with Crippen LogP contribution in [0.2, 0.25) is 0 Å². The summed E-state index contributed by atoms with van der Waals surface area (Å²) in [4.78, 5) is 14.5. The summed E-state index contributed by atoms with van der Waals surface area (Å²) in [5.41, 5.74) is 1.73. The molecule has 2 rings (SSSR count). The summed E-state index contributed by atoms with van der Waals surface area (Å²) in [6.45, 7) is 7.85. The van der Waals surface area contributed by atoms with Gasteiger partial charge < -0.3 is 4.98 Å². The van der Waals surface area contributed by atoms with E-state index in [0.29, 0.717) is 5.52 Å². The lowest BCUT2D eigenvalue weighted by molar-refractivity contribution is 0.570. The van der Waals surface area contributed by atoms with Crippen LogP contribution in [0, 0.1) is 6.92 Å². The third kappa shape index (κ3) is 1.54. The second-order valence-electron chi connectivity index (χ2n) is 4.75. The van der Waals surface area contributed by atoms with E-state index in [9.17, 15) is 4.79 Å². The van der Waals surface area contributed by atoms with Crippen LogP contribution in [-0.4, -0.2) is 19.8 Å². The Bertz CT molecular complexity index is 559. The molecule has 0 aliphatic rings. The number of aryl methyl sites for hydroxylation is 1. The van der Waals surface area contributed by atoms with E-state index < -0.39 is 0 Å². The molecule has 0 spiro atoms. The highest BCUT2D eigenvalue weighted by Gasteiger charge is 2.22. The molecule has 5 nitrogen and oxygen atoms in total. The SMILES string of the molecule is Cc1cn2nnc(C(C)(C)C)c2c(=O)[nH]1. The van der Waals surface area contributed by atoms with Gasteiger partial charge in [-0.3, -0.25) is 4.79 Å². The van der Waals surface area contributed by atoms with Crippen molar-refractivity contribution < 1.29 is 0 Å². The Balaban J connectivity index is 2.87. The summed E-state index contributed by atoms with van der Waals surface area (Å²) in [7, 11) is 0. The number of hydrogen-bond donors (Lipinski definition) is 1. The highest BCUT2D eigenvalue weighted by molar-refractivity contribution is 5.51. The van der Waals surface area contributed by atoms with E-state index in [0.717, 1.165) is 11.4 Å². The molecule has 0 atom stereocenters. The van der Waals surface area contributed by atoms with Gasteiger partial charge in [0.2, 0.25) is 0 Å². The van der Waals surface area contributed by atoms with E-state index >= 15 is 0 Å². The fourth-order valence-electron chi connectivity index (χ4n) is 1.55. The maximum absolute atomic E-state index is 11.8. The molecule has 2 aromatic heterocycles. The smallest absolute Gasteiger partial charge is 0.276 e. The molecule has 0 fully saturated rings. The Labute approximate surface area is 87.1 Å². The van der Waals surface area contributed by atoms with Crippen LogP contribution in [0.15, 0.2) is 11.0 Å². The van der Waals surface area contributed by atoms with Crippen LogP contribution >= 0.6 is 0 Å². The van der Waals surface area contributed by atoms with Gasteiger partial charge in [-0.15, -0.1) is 5.10 Å². The molecule has 0 aliphatic heterocycles. The number of fused-ring (bicyclic) bond motifs is 1. The second-order valence-corrected chi connectivity index (χ2v) is 4.75. The highest BCUT2D eigenvalue weighted by Crippen LogP contribution is 2.21. The number of H-pyrrole nitrogens is 1. The van der Waals surface area contributed by atoms with E-state index in [1.807, 2.05) is 27.7 Å². The van der Waals surface area contributed by atoms with Crippen molar-refractivity contribution in [3.63, 3.8) is 0 Å². The average Bonchev–Trinajstić information content (AvgIpc) is 2.45. The molecular weight excluding hydrogens is 192 g/mol. The van der Waals surface area contributed by atoms with E-state index in [1.54, 1.807) is 6.20 Å². The van der Waals surface area contributed by atoms with Crippen LogP contribution in [0.4, 0.5) is 0 Å². The van der Waals surface area contributed by atoms with Gasteiger partial charge in [0, 0.05) is 11.1 Å². The number of aromatic nitrogens is 4. The van der Waals surface area contributed by atoms with E-state index in [-0.39, 0.29) is 11.0 Å². The van der Waals surface area contributed by atoms with Gasteiger partial charge in [-0.25, -0.2) is 4.52 Å². The van der Waals surface area contributed by atoms with Crippen LogP contribution in [0.25, 0.3) is 5.52 Å². The number of aromatic amines is 1. The average molecular weight is 206 g/mol. The molecule has 0 bridgehead atoms. The van der Waals surface area contributed by atoms with Gasteiger partial charge in [-0.2, -0.15) is 0 Å². The van der Waals surface area contributed by atoms with Crippen LogP contribution in [0.1, 0.15) is 32.2 Å². The zero-order valence-electron chi connectivity index (χ0n) is 9.33. The third-order valence-corrected chi connectivity index (χ3v) is 2.25. The molecule has 15 heavy (non-hydrogen) atoms. The third-order valence-electron chi connectivity index (χ3n) is 2.25. The van der Waals surface area contributed by atoms with Gasteiger partial charge in [-0.1, -0.05) is 26.0 Å². The zero-order valence-corrected chi connectivity index (χ0v) is 9.33. The quantitative estimate of drug-likeness (QED) is 0.700. The number of nitrogens with one attached hydrogen (secondary N) is 1. The van der Waals surface area contributed by atoms with Crippen molar-refractivity contribution in [3.8, 4) is 0 Å². The summed E-state index contributed by atoms with van der Waals surface area (Å²) in [5, 5.41) is 8.01. The highest BCUT2D eigenvalue weighted by atomic mass is 16.1. The van der Waals surface area contributed by atoms with Crippen LogP contribution < -0.4 is 5.56 Å². The number of hydrogen-bond acceptors (Lipinski definition) is 3. The summed E-state index contributed by atoms with van der Waals surface area (Å²) < 4.78 is 1.54. The number of rotatable bonds is 0. The lowest BCUT2D eigenvalue weighted by Gasteiger charge is -2.13. The molecule has 1 N–H and O–H groups in total. The van der Waals surface area contributed by atoms with Gasteiger partial charge in [0.05, 0.1) is 6.20 Å². The molecule has 80 valence electrons. The van der Waals surface area contributed by atoms with Gasteiger partial charge in [-0.05, 0) is 6.92 Å². The minimum Gasteiger partial charge on any atom is -0.323 e. The van der Waals surface area contributed by atoms with E-state index in [1.165, 1.54) is 4.52 Å². The van der Waals surface area contributed by atoms with Crippen LogP contribution in [0.5, 0.6) is 0 Å². The first-order valence-electron chi connectivity index (χ1n) is 4.85. The number of nitrogens with zero attached hydrogens (tertiary/aromatic N) is 3. The van der Waals surface area contributed by atoms with Crippen LogP contribution in [-0.2, 0) is 5.41 Å². The lowest BCUT2D eigenvalue weighted by atomic mass is 9.92. The summed E-state index contributed by atoms with van der Waals surface area (Å²) in [6, 6.07) is 0. The van der Waals surface area contributed by atoms with Crippen molar-refractivity contribution in [1.29, 1.82) is 0 Å². The standard InChI is InChI=1S/C10H14N4O/c1-6-5-14-7(9(15)11-6)8(12-13-14)10(2,3)4/h5H,1-4H3,(H,11,15). The minimum absolute atomic E-state index is 0.134. The Morgan fingerprint density at radius 1 is 1.40 bits per heavy atom. The molecule has 0 aromatic carbocycles. The predicted molar refractivity (Wildman–Crippen MR) is 57.0 cm³/mol. The normalized spacial score (nSPS) is 12.3.